The Labute approximate surface area is 137 Å². The zero-order valence-electron chi connectivity index (χ0n) is 14.1. The summed E-state index contributed by atoms with van der Waals surface area (Å²) >= 11 is 0. The predicted molar refractivity (Wildman–Crippen MR) is 84.9 cm³/mol. The van der Waals surface area contributed by atoms with E-state index in [0.717, 1.165) is 25.5 Å². The van der Waals surface area contributed by atoms with Crippen LogP contribution >= 0.6 is 0 Å². The molecule has 7 nitrogen and oxygen atoms in total. The van der Waals surface area contributed by atoms with Crippen LogP contribution in [0.25, 0.3) is 0 Å². The average Bonchev–Trinajstić information content (AvgIpc) is 2.98. The Bertz CT molecular complexity index is 551. The lowest BCUT2D eigenvalue weighted by molar-refractivity contribution is -0.167. The molecule has 128 valence electrons. The molecule has 2 fully saturated rings. The number of hydrogen-bond acceptors (Lipinski definition) is 5. The molecule has 2 unspecified atom stereocenters. The SMILES string of the molecule is COCCn1ccnc1C1N(C(=O)C2CNCCO2)CC1(C)C. The fourth-order valence-corrected chi connectivity index (χ4v) is 3.48. The number of methoxy groups -OCH3 is 1. The number of rotatable bonds is 5. The van der Waals surface area contributed by atoms with Gasteiger partial charge in [-0.25, -0.2) is 4.98 Å². The van der Waals surface area contributed by atoms with Gasteiger partial charge in [0, 0.05) is 51.1 Å². The number of nitrogens with zero attached hydrogens (tertiary/aromatic N) is 3. The number of carbonyl (C=O) groups excluding carboxylic acids is 1. The van der Waals surface area contributed by atoms with Gasteiger partial charge in [0.2, 0.25) is 0 Å². The lowest BCUT2D eigenvalue weighted by Crippen LogP contribution is -2.62. The van der Waals surface area contributed by atoms with Crippen LogP contribution in [-0.4, -0.2) is 66.4 Å². The molecule has 0 radical (unpaired) electrons. The van der Waals surface area contributed by atoms with Crippen molar-refractivity contribution in [1.29, 1.82) is 0 Å². The number of amides is 1. The first-order chi connectivity index (χ1) is 11.0. The van der Waals surface area contributed by atoms with Crippen molar-refractivity contribution < 1.29 is 14.3 Å². The van der Waals surface area contributed by atoms with Gasteiger partial charge in [-0.3, -0.25) is 4.79 Å². The summed E-state index contributed by atoms with van der Waals surface area (Å²) in [5.41, 5.74) is 0.00787. The van der Waals surface area contributed by atoms with Crippen molar-refractivity contribution in [3.63, 3.8) is 0 Å². The molecule has 1 N–H and O–H groups in total. The third-order valence-electron chi connectivity index (χ3n) is 4.64. The predicted octanol–water partition coefficient (Wildman–Crippen LogP) is 0.427. The van der Waals surface area contributed by atoms with Crippen molar-refractivity contribution in [2.75, 3.05) is 40.0 Å². The van der Waals surface area contributed by atoms with Gasteiger partial charge in [-0.15, -0.1) is 0 Å². The molecule has 0 spiro atoms. The van der Waals surface area contributed by atoms with Gasteiger partial charge in [0.25, 0.3) is 5.91 Å². The molecule has 3 rings (SSSR count). The molecule has 2 atom stereocenters. The molecule has 2 aliphatic rings. The van der Waals surface area contributed by atoms with Gasteiger partial charge in [-0.2, -0.15) is 0 Å². The maximum absolute atomic E-state index is 12.8. The smallest absolute Gasteiger partial charge is 0.253 e. The van der Waals surface area contributed by atoms with Crippen LogP contribution in [0, 0.1) is 5.41 Å². The first-order valence-corrected chi connectivity index (χ1v) is 8.17. The zero-order valence-corrected chi connectivity index (χ0v) is 14.1. The van der Waals surface area contributed by atoms with Gasteiger partial charge in [0.1, 0.15) is 11.9 Å². The van der Waals surface area contributed by atoms with Crippen LogP contribution in [-0.2, 0) is 20.8 Å². The number of imidazole rings is 1. The Morgan fingerprint density at radius 3 is 3.04 bits per heavy atom. The van der Waals surface area contributed by atoms with E-state index in [1.54, 1.807) is 13.3 Å². The van der Waals surface area contributed by atoms with E-state index < -0.39 is 0 Å². The monoisotopic (exact) mass is 322 g/mol. The van der Waals surface area contributed by atoms with E-state index in [2.05, 4.69) is 28.7 Å². The Hall–Kier alpha value is -1.44. The quantitative estimate of drug-likeness (QED) is 0.851. The molecule has 7 heteroatoms. The van der Waals surface area contributed by atoms with Crippen LogP contribution in [0.4, 0.5) is 0 Å². The zero-order chi connectivity index (χ0) is 16.4. The average molecular weight is 322 g/mol. The highest BCUT2D eigenvalue weighted by Crippen LogP contribution is 2.48. The molecule has 23 heavy (non-hydrogen) atoms. The largest absolute Gasteiger partial charge is 0.383 e. The topological polar surface area (TPSA) is 68.6 Å². The Kier molecular flexibility index (Phi) is 4.70. The summed E-state index contributed by atoms with van der Waals surface area (Å²) in [4.78, 5) is 19.2. The van der Waals surface area contributed by atoms with Crippen LogP contribution in [0.1, 0.15) is 25.7 Å². The summed E-state index contributed by atoms with van der Waals surface area (Å²) < 4.78 is 12.9. The molecule has 2 aliphatic heterocycles. The third kappa shape index (κ3) is 3.13. The molecular formula is C16H26N4O3. The molecule has 0 bridgehead atoms. The van der Waals surface area contributed by atoms with Crippen LogP contribution in [0.2, 0.25) is 0 Å². The third-order valence-corrected chi connectivity index (χ3v) is 4.64. The van der Waals surface area contributed by atoms with E-state index in [1.807, 2.05) is 11.1 Å². The first kappa shape index (κ1) is 16.4. The Morgan fingerprint density at radius 1 is 1.57 bits per heavy atom. The summed E-state index contributed by atoms with van der Waals surface area (Å²) in [7, 11) is 1.69. The lowest BCUT2D eigenvalue weighted by atomic mass is 9.74. The fraction of sp³-hybridized carbons (Fsp3) is 0.750. The van der Waals surface area contributed by atoms with Crippen molar-refractivity contribution in [1.82, 2.24) is 19.8 Å². The molecule has 0 aliphatic carbocycles. The number of likely N-dealkylation sites (tertiary alicyclic amines) is 1. The van der Waals surface area contributed by atoms with Crippen molar-refractivity contribution in [2.45, 2.75) is 32.5 Å². The Balaban J connectivity index is 1.78. The van der Waals surface area contributed by atoms with Crippen molar-refractivity contribution in [3.8, 4) is 0 Å². The molecular weight excluding hydrogens is 296 g/mol. The van der Waals surface area contributed by atoms with Crippen molar-refractivity contribution in [3.05, 3.63) is 18.2 Å². The number of carbonyl (C=O) groups is 1. The van der Waals surface area contributed by atoms with E-state index in [1.165, 1.54) is 0 Å². The molecule has 1 aromatic rings. The summed E-state index contributed by atoms with van der Waals surface area (Å²) in [6, 6.07) is -0.0209. The van der Waals surface area contributed by atoms with Gasteiger partial charge in [0.15, 0.2) is 0 Å². The van der Waals surface area contributed by atoms with Crippen molar-refractivity contribution in [2.24, 2.45) is 5.41 Å². The summed E-state index contributed by atoms with van der Waals surface area (Å²) in [6.07, 6.45) is 3.36. The maximum atomic E-state index is 12.8. The van der Waals surface area contributed by atoms with E-state index in [9.17, 15) is 4.79 Å². The molecule has 3 heterocycles. The minimum absolute atomic E-state index is 0.00787. The second kappa shape index (κ2) is 6.59. The molecule has 1 amide bonds. The van der Waals surface area contributed by atoms with E-state index >= 15 is 0 Å². The van der Waals surface area contributed by atoms with Gasteiger partial charge in [-0.05, 0) is 0 Å². The van der Waals surface area contributed by atoms with Gasteiger partial charge in [0.05, 0.1) is 19.3 Å². The summed E-state index contributed by atoms with van der Waals surface area (Å²) in [6.45, 7) is 8.42. The van der Waals surface area contributed by atoms with Crippen molar-refractivity contribution >= 4 is 5.91 Å². The highest BCUT2D eigenvalue weighted by molar-refractivity contribution is 5.82. The minimum atomic E-state index is -0.385. The van der Waals surface area contributed by atoms with Gasteiger partial charge >= 0.3 is 0 Å². The Morgan fingerprint density at radius 2 is 2.39 bits per heavy atom. The molecule has 0 aromatic carbocycles. The number of nitrogens with one attached hydrogen (secondary N) is 1. The van der Waals surface area contributed by atoms with Crippen LogP contribution < -0.4 is 5.32 Å². The van der Waals surface area contributed by atoms with Gasteiger partial charge < -0.3 is 24.3 Å². The molecule has 1 aromatic heterocycles. The number of aromatic nitrogens is 2. The number of hydrogen-bond donors (Lipinski definition) is 1. The van der Waals surface area contributed by atoms with Crippen LogP contribution in [0.5, 0.6) is 0 Å². The second-order valence-electron chi connectivity index (χ2n) is 6.89. The standard InChI is InChI=1S/C16H26N4O3/c1-16(2)11-20(15(21)12-10-17-5-8-23-12)13(16)14-18-4-6-19(14)7-9-22-3/h4,6,12-13,17H,5,7-11H2,1-3H3. The van der Waals surface area contributed by atoms with Crippen LogP contribution in [0.3, 0.4) is 0 Å². The summed E-state index contributed by atoms with van der Waals surface area (Å²) in [5, 5.41) is 3.22. The van der Waals surface area contributed by atoms with E-state index in [0.29, 0.717) is 19.8 Å². The van der Waals surface area contributed by atoms with E-state index in [4.69, 9.17) is 9.47 Å². The lowest BCUT2D eigenvalue weighted by Gasteiger charge is -2.54. The highest BCUT2D eigenvalue weighted by Gasteiger charge is 2.52. The fourth-order valence-electron chi connectivity index (χ4n) is 3.48. The summed E-state index contributed by atoms with van der Waals surface area (Å²) in [5.74, 6) is 0.984. The minimum Gasteiger partial charge on any atom is -0.383 e. The number of morpholine rings is 1. The maximum Gasteiger partial charge on any atom is 0.253 e. The number of ether oxygens (including phenoxy) is 2. The normalized spacial score (nSPS) is 26.8. The molecule has 0 saturated carbocycles. The second-order valence-corrected chi connectivity index (χ2v) is 6.89. The highest BCUT2D eigenvalue weighted by atomic mass is 16.5. The molecule has 2 saturated heterocycles. The van der Waals surface area contributed by atoms with Crippen LogP contribution in [0.15, 0.2) is 12.4 Å². The first-order valence-electron chi connectivity index (χ1n) is 8.17. The van der Waals surface area contributed by atoms with Gasteiger partial charge in [-0.1, -0.05) is 13.8 Å². The van der Waals surface area contributed by atoms with E-state index in [-0.39, 0.29) is 23.5 Å².